The topological polar surface area (TPSA) is 104 Å². The maximum atomic E-state index is 13.7. The molecule has 1 aromatic carbocycles. The van der Waals surface area contributed by atoms with Gasteiger partial charge in [0.1, 0.15) is 12.1 Å². The van der Waals surface area contributed by atoms with E-state index in [0.29, 0.717) is 11.7 Å². The van der Waals surface area contributed by atoms with Crippen molar-refractivity contribution in [1.82, 2.24) is 16.0 Å². The summed E-state index contributed by atoms with van der Waals surface area (Å²) >= 11 is 1.99. The SMILES string of the molecule is CCNC(=O)C(=O)[C@H](Cc1ccc(F)c(F)c1)NC(=O)[C@@H](NC(=O)CCCCC1CCCS1)C(C)C. The minimum atomic E-state index is -1.31. The van der Waals surface area contributed by atoms with Crippen LogP contribution in [0, 0.1) is 17.6 Å². The second kappa shape index (κ2) is 14.9. The van der Waals surface area contributed by atoms with Gasteiger partial charge in [-0.05, 0) is 62.0 Å². The quantitative estimate of drug-likeness (QED) is 0.255. The highest BCUT2D eigenvalue weighted by molar-refractivity contribution is 8.00. The van der Waals surface area contributed by atoms with Gasteiger partial charge in [-0.15, -0.1) is 0 Å². The van der Waals surface area contributed by atoms with Crippen LogP contribution in [0.15, 0.2) is 18.2 Å². The van der Waals surface area contributed by atoms with Crippen molar-refractivity contribution in [3.05, 3.63) is 35.4 Å². The lowest BCUT2D eigenvalue weighted by Gasteiger charge is -2.25. The molecule has 200 valence electrons. The maximum absolute atomic E-state index is 13.7. The highest BCUT2D eigenvalue weighted by Crippen LogP contribution is 2.30. The molecule has 0 aliphatic carbocycles. The number of carbonyl (C=O) groups is 4. The fourth-order valence-electron chi connectivity index (χ4n) is 4.09. The molecule has 3 N–H and O–H groups in total. The predicted molar refractivity (Wildman–Crippen MR) is 136 cm³/mol. The summed E-state index contributed by atoms with van der Waals surface area (Å²) in [6.45, 7) is 5.38. The molecule has 3 atom stereocenters. The molecule has 1 aromatic rings. The van der Waals surface area contributed by atoms with Crippen LogP contribution in [0.4, 0.5) is 8.78 Å². The normalized spacial score (nSPS) is 16.9. The van der Waals surface area contributed by atoms with Crippen LogP contribution >= 0.6 is 11.8 Å². The molecule has 1 saturated heterocycles. The number of amides is 3. The van der Waals surface area contributed by atoms with Gasteiger partial charge in [0.25, 0.3) is 5.91 Å². The van der Waals surface area contributed by atoms with Crippen molar-refractivity contribution in [1.29, 1.82) is 0 Å². The Balaban J connectivity index is 2.02. The van der Waals surface area contributed by atoms with Crippen molar-refractivity contribution < 1.29 is 28.0 Å². The van der Waals surface area contributed by atoms with E-state index in [1.807, 2.05) is 11.8 Å². The molecule has 1 heterocycles. The van der Waals surface area contributed by atoms with Crippen molar-refractivity contribution in [2.45, 2.75) is 83.1 Å². The summed E-state index contributed by atoms with van der Waals surface area (Å²) in [6, 6.07) is 0.899. The van der Waals surface area contributed by atoms with Crippen LogP contribution in [0.1, 0.15) is 64.9 Å². The van der Waals surface area contributed by atoms with E-state index < -0.39 is 41.3 Å². The summed E-state index contributed by atoms with van der Waals surface area (Å²) in [5.74, 6) is -3.89. The van der Waals surface area contributed by atoms with E-state index in [0.717, 1.165) is 31.4 Å². The van der Waals surface area contributed by atoms with Crippen LogP contribution in [0.5, 0.6) is 0 Å². The van der Waals surface area contributed by atoms with E-state index >= 15 is 0 Å². The zero-order valence-corrected chi connectivity index (χ0v) is 22.0. The fraction of sp³-hybridized carbons (Fsp3) is 0.615. The van der Waals surface area contributed by atoms with Gasteiger partial charge in [0.2, 0.25) is 17.6 Å². The molecule has 1 unspecified atom stereocenters. The predicted octanol–water partition coefficient (Wildman–Crippen LogP) is 3.29. The van der Waals surface area contributed by atoms with Gasteiger partial charge in [0.05, 0.1) is 0 Å². The van der Waals surface area contributed by atoms with Crippen LogP contribution in [0.2, 0.25) is 0 Å². The molecule has 36 heavy (non-hydrogen) atoms. The van der Waals surface area contributed by atoms with E-state index in [9.17, 15) is 28.0 Å². The van der Waals surface area contributed by atoms with Crippen molar-refractivity contribution >= 4 is 35.3 Å². The highest BCUT2D eigenvalue weighted by atomic mass is 32.2. The first kappa shape index (κ1) is 29.7. The number of rotatable bonds is 14. The van der Waals surface area contributed by atoms with Crippen molar-refractivity contribution in [3.8, 4) is 0 Å². The third-order valence-electron chi connectivity index (χ3n) is 6.09. The summed E-state index contributed by atoms with van der Waals surface area (Å²) in [5, 5.41) is 8.36. The first-order valence-corrected chi connectivity index (χ1v) is 13.6. The number of halogens is 2. The van der Waals surface area contributed by atoms with E-state index in [2.05, 4.69) is 16.0 Å². The summed E-state index contributed by atoms with van der Waals surface area (Å²) in [6.07, 6.45) is 5.32. The van der Waals surface area contributed by atoms with Crippen molar-refractivity contribution in [2.24, 2.45) is 5.92 Å². The molecule has 0 bridgehead atoms. The molecule has 7 nitrogen and oxygen atoms in total. The molecule has 0 saturated carbocycles. The molecule has 1 aliphatic rings. The van der Waals surface area contributed by atoms with E-state index in [-0.39, 0.29) is 30.4 Å². The number of carbonyl (C=O) groups excluding carboxylic acids is 4. The van der Waals surface area contributed by atoms with Crippen LogP contribution in [0.25, 0.3) is 0 Å². The molecular weight excluding hydrogens is 488 g/mol. The number of nitrogens with one attached hydrogen (secondary N) is 3. The molecule has 10 heteroatoms. The fourth-order valence-corrected chi connectivity index (χ4v) is 5.42. The summed E-state index contributed by atoms with van der Waals surface area (Å²) in [5.41, 5.74) is 0.238. The lowest BCUT2D eigenvalue weighted by Crippen LogP contribution is -2.56. The summed E-state index contributed by atoms with van der Waals surface area (Å²) < 4.78 is 27.0. The van der Waals surface area contributed by atoms with Gasteiger partial charge in [0, 0.05) is 24.6 Å². The van der Waals surface area contributed by atoms with E-state index in [1.165, 1.54) is 24.7 Å². The van der Waals surface area contributed by atoms with Gasteiger partial charge in [-0.3, -0.25) is 19.2 Å². The van der Waals surface area contributed by atoms with Crippen LogP contribution in [-0.2, 0) is 25.6 Å². The summed E-state index contributed by atoms with van der Waals surface area (Å²) in [4.78, 5) is 50.5. The Morgan fingerprint density at radius 2 is 1.83 bits per heavy atom. The average Bonchev–Trinajstić information content (AvgIpc) is 3.35. The number of likely N-dealkylation sites (N-methyl/N-ethyl adjacent to an activating group) is 1. The van der Waals surface area contributed by atoms with Crippen LogP contribution in [-0.4, -0.2) is 53.1 Å². The Bertz CT molecular complexity index is 922. The Hall–Kier alpha value is -2.49. The third kappa shape index (κ3) is 9.52. The average molecular weight is 526 g/mol. The first-order valence-electron chi connectivity index (χ1n) is 12.6. The van der Waals surface area contributed by atoms with Gasteiger partial charge < -0.3 is 16.0 Å². The number of thioether (sulfide) groups is 1. The number of benzene rings is 1. The second-order valence-electron chi connectivity index (χ2n) is 9.41. The molecule has 2 rings (SSSR count). The lowest BCUT2D eigenvalue weighted by molar-refractivity contribution is -0.140. The van der Waals surface area contributed by atoms with Gasteiger partial charge in [-0.2, -0.15) is 11.8 Å². The zero-order chi connectivity index (χ0) is 26.7. The zero-order valence-electron chi connectivity index (χ0n) is 21.2. The Morgan fingerprint density at radius 3 is 2.44 bits per heavy atom. The smallest absolute Gasteiger partial charge is 0.289 e. The van der Waals surface area contributed by atoms with Crippen molar-refractivity contribution in [3.63, 3.8) is 0 Å². The Labute approximate surface area is 215 Å². The maximum Gasteiger partial charge on any atom is 0.289 e. The summed E-state index contributed by atoms with van der Waals surface area (Å²) in [7, 11) is 0. The highest BCUT2D eigenvalue weighted by Gasteiger charge is 2.31. The largest absolute Gasteiger partial charge is 0.350 e. The molecule has 1 fully saturated rings. The molecule has 0 aromatic heterocycles. The number of ketones is 1. The van der Waals surface area contributed by atoms with Gasteiger partial charge in [-0.1, -0.05) is 26.3 Å². The minimum absolute atomic E-state index is 0.209. The molecule has 1 aliphatic heterocycles. The number of hydrogen-bond acceptors (Lipinski definition) is 5. The van der Waals surface area contributed by atoms with Gasteiger partial charge in [-0.25, -0.2) is 8.78 Å². The molecular formula is C26H37F2N3O4S. The van der Waals surface area contributed by atoms with Crippen LogP contribution < -0.4 is 16.0 Å². The first-order chi connectivity index (χ1) is 17.1. The van der Waals surface area contributed by atoms with E-state index in [1.54, 1.807) is 20.8 Å². The lowest BCUT2D eigenvalue weighted by atomic mass is 9.98. The van der Waals surface area contributed by atoms with Gasteiger partial charge in [0.15, 0.2) is 11.6 Å². The monoisotopic (exact) mass is 525 g/mol. The molecule has 3 amide bonds. The number of hydrogen-bond donors (Lipinski definition) is 3. The molecule has 0 radical (unpaired) electrons. The number of unbranched alkanes of at least 4 members (excludes halogenated alkanes) is 1. The Kier molecular flexibility index (Phi) is 12.3. The van der Waals surface area contributed by atoms with Gasteiger partial charge >= 0.3 is 0 Å². The minimum Gasteiger partial charge on any atom is -0.350 e. The second-order valence-corrected chi connectivity index (χ2v) is 10.8. The molecule has 0 spiro atoms. The van der Waals surface area contributed by atoms with Crippen molar-refractivity contribution in [2.75, 3.05) is 12.3 Å². The number of Topliss-reactive ketones (excluding diaryl/α,β-unsaturated/α-hetero) is 1. The standard InChI is InChI=1S/C26H37F2N3O4S/c1-4-29-26(35)24(33)21(15-17-11-12-19(27)20(28)14-17)30-25(34)23(16(2)3)31-22(32)10-6-5-8-18-9-7-13-36-18/h11-12,14,16,18,21,23H,4-10,13,15H2,1-3H3,(H,29,35)(H,30,34)(H,31,32)/t18?,21-,23-/m0/s1. The van der Waals surface area contributed by atoms with Crippen LogP contribution in [0.3, 0.4) is 0 Å². The van der Waals surface area contributed by atoms with E-state index in [4.69, 9.17) is 0 Å². The Morgan fingerprint density at radius 1 is 1.08 bits per heavy atom. The third-order valence-corrected chi connectivity index (χ3v) is 7.55.